The summed E-state index contributed by atoms with van der Waals surface area (Å²) in [6.45, 7) is 2.33. The van der Waals surface area contributed by atoms with Crippen molar-refractivity contribution in [1.29, 1.82) is 0 Å². The van der Waals surface area contributed by atoms with E-state index in [-0.39, 0.29) is 0 Å². The molecule has 1 aromatic heterocycles. The molecule has 0 amide bonds. The predicted molar refractivity (Wildman–Crippen MR) is 54.9 cm³/mol. The van der Waals surface area contributed by atoms with Crippen LogP contribution in [0.4, 0.5) is 0 Å². The predicted octanol–water partition coefficient (Wildman–Crippen LogP) is 1.43. The van der Waals surface area contributed by atoms with Crippen LogP contribution in [0.1, 0.15) is 29.9 Å². The van der Waals surface area contributed by atoms with Crippen molar-refractivity contribution in [3.63, 3.8) is 0 Å². The maximum Gasteiger partial charge on any atom is 0.0471 e. The quantitative estimate of drug-likeness (QED) is 0.771. The number of ether oxygens (including phenoxy) is 1. The average Bonchev–Trinajstić information content (AvgIpc) is 2.30. The minimum Gasteiger partial charge on any atom is -0.381 e. The van der Waals surface area contributed by atoms with Gasteiger partial charge in [0.15, 0.2) is 0 Å². The summed E-state index contributed by atoms with van der Waals surface area (Å²) in [5.41, 5.74) is 8.23. The van der Waals surface area contributed by atoms with Gasteiger partial charge >= 0.3 is 0 Å². The van der Waals surface area contributed by atoms with Gasteiger partial charge in [0.2, 0.25) is 0 Å². The summed E-state index contributed by atoms with van der Waals surface area (Å²) >= 11 is 0. The summed E-state index contributed by atoms with van der Waals surface area (Å²) in [4.78, 5) is 4.10. The summed E-state index contributed by atoms with van der Waals surface area (Å²) in [5, 5.41) is 0. The lowest BCUT2D eigenvalue weighted by atomic mass is 9.89. The van der Waals surface area contributed by atoms with Crippen molar-refractivity contribution in [2.24, 2.45) is 5.73 Å². The lowest BCUT2D eigenvalue weighted by Gasteiger charge is -2.23. The second-order valence-electron chi connectivity index (χ2n) is 3.67. The summed E-state index contributed by atoms with van der Waals surface area (Å²) < 4.78 is 5.35. The summed E-state index contributed by atoms with van der Waals surface area (Å²) in [5.74, 6) is 0.616. The van der Waals surface area contributed by atoms with Crippen LogP contribution in [-0.4, -0.2) is 18.2 Å². The smallest absolute Gasteiger partial charge is 0.0471 e. The van der Waals surface area contributed by atoms with E-state index in [9.17, 15) is 0 Å². The molecule has 0 unspecified atom stereocenters. The molecule has 1 saturated heterocycles. The third-order valence-corrected chi connectivity index (χ3v) is 2.82. The van der Waals surface area contributed by atoms with E-state index in [1.165, 1.54) is 11.1 Å². The van der Waals surface area contributed by atoms with Crippen molar-refractivity contribution in [1.82, 2.24) is 4.98 Å². The highest BCUT2D eigenvalue weighted by Crippen LogP contribution is 2.28. The zero-order valence-corrected chi connectivity index (χ0v) is 8.28. The molecule has 1 aromatic rings. The molecule has 3 nitrogen and oxygen atoms in total. The zero-order chi connectivity index (χ0) is 9.80. The Morgan fingerprint density at radius 2 is 2.21 bits per heavy atom. The molecule has 3 heteroatoms. The van der Waals surface area contributed by atoms with Gasteiger partial charge in [0.1, 0.15) is 0 Å². The second-order valence-corrected chi connectivity index (χ2v) is 3.67. The van der Waals surface area contributed by atoms with E-state index < -0.39 is 0 Å². The Hall–Kier alpha value is -0.930. The molecule has 0 saturated carbocycles. The summed E-state index contributed by atoms with van der Waals surface area (Å²) in [6, 6.07) is 2.10. The average molecular weight is 192 g/mol. The molecule has 1 aliphatic heterocycles. The van der Waals surface area contributed by atoms with Crippen LogP contribution in [0.2, 0.25) is 0 Å². The fourth-order valence-corrected chi connectivity index (χ4v) is 2.02. The minimum absolute atomic E-state index is 0.584. The summed E-state index contributed by atoms with van der Waals surface area (Å²) in [7, 11) is 0. The molecule has 1 fully saturated rings. The Labute approximate surface area is 84.3 Å². The molecular formula is C11H16N2O. The second kappa shape index (κ2) is 4.53. The maximum atomic E-state index is 5.69. The number of nitrogens with two attached hydrogens (primary N) is 1. The highest BCUT2D eigenvalue weighted by Gasteiger charge is 2.17. The Balaban J connectivity index is 2.20. The highest BCUT2D eigenvalue weighted by molar-refractivity contribution is 5.27. The molecule has 0 radical (unpaired) electrons. The van der Waals surface area contributed by atoms with Gasteiger partial charge in [-0.25, -0.2) is 0 Å². The minimum atomic E-state index is 0.584. The fraction of sp³-hybridized carbons (Fsp3) is 0.545. The first-order valence-corrected chi connectivity index (χ1v) is 5.12. The first-order chi connectivity index (χ1) is 6.92. The van der Waals surface area contributed by atoms with Gasteiger partial charge in [0.05, 0.1) is 0 Å². The first kappa shape index (κ1) is 9.62. The fourth-order valence-electron chi connectivity index (χ4n) is 2.02. The number of pyridine rings is 1. The van der Waals surface area contributed by atoms with Crippen LogP contribution in [0.15, 0.2) is 18.5 Å². The molecule has 0 aromatic carbocycles. The molecule has 2 rings (SSSR count). The van der Waals surface area contributed by atoms with Crippen LogP contribution in [0, 0.1) is 0 Å². The van der Waals surface area contributed by atoms with Gasteiger partial charge in [-0.15, -0.1) is 0 Å². The maximum absolute atomic E-state index is 5.69. The van der Waals surface area contributed by atoms with Crippen molar-refractivity contribution < 1.29 is 4.74 Å². The third-order valence-electron chi connectivity index (χ3n) is 2.82. The topological polar surface area (TPSA) is 48.1 Å². The molecule has 14 heavy (non-hydrogen) atoms. The van der Waals surface area contributed by atoms with Crippen LogP contribution in [0.5, 0.6) is 0 Å². The Bertz CT molecular complexity index is 295. The number of aromatic nitrogens is 1. The van der Waals surface area contributed by atoms with E-state index in [4.69, 9.17) is 10.5 Å². The molecule has 2 N–H and O–H groups in total. The van der Waals surface area contributed by atoms with E-state index in [1.54, 1.807) is 0 Å². The largest absolute Gasteiger partial charge is 0.381 e. The molecular weight excluding hydrogens is 176 g/mol. The van der Waals surface area contributed by atoms with Crippen LogP contribution in [0.3, 0.4) is 0 Å². The van der Waals surface area contributed by atoms with Crippen LogP contribution in [0.25, 0.3) is 0 Å². The third kappa shape index (κ3) is 1.94. The summed E-state index contributed by atoms with van der Waals surface area (Å²) in [6.07, 6.45) is 5.95. The van der Waals surface area contributed by atoms with Gasteiger partial charge in [-0.05, 0) is 36.0 Å². The van der Waals surface area contributed by atoms with Gasteiger partial charge < -0.3 is 10.5 Å². The number of hydrogen-bond acceptors (Lipinski definition) is 3. The monoisotopic (exact) mass is 192 g/mol. The van der Waals surface area contributed by atoms with Crippen molar-refractivity contribution in [2.75, 3.05) is 13.2 Å². The molecule has 0 bridgehead atoms. The standard InChI is InChI=1S/C11H16N2O/c12-7-10-8-13-4-1-11(10)9-2-5-14-6-3-9/h1,4,8-9H,2-3,5-7,12H2. The highest BCUT2D eigenvalue weighted by atomic mass is 16.5. The molecule has 0 atom stereocenters. The molecule has 2 heterocycles. The van der Waals surface area contributed by atoms with Gasteiger partial charge in [-0.2, -0.15) is 0 Å². The van der Waals surface area contributed by atoms with E-state index in [1.807, 2.05) is 12.4 Å². The van der Waals surface area contributed by atoms with Crippen LogP contribution < -0.4 is 5.73 Å². The molecule has 0 spiro atoms. The van der Waals surface area contributed by atoms with Crippen LogP contribution in [-0.2, 0) is 11.3 Å². The lowest BCUT2D eigenvalue weighted by Crippen LogP contribution is -2.16. The van der Waals surface area contributed by atoms with Crippen LogP contribution >= 0.6 is 0 Å². The number of rotatable bonds is 2. The lowest BCUT2D eigenvalue weighted by molar-refractivity contribution is 0.0851. The zero-order valence-electron chi connectivity index (χ0n) is 8.28. The van der Waals surface area contributed by atoms with E-state index in [2.05, 4.69) is 11.1 Å². The van der Waals surface area contributed by atoms with Gasteiger partial charge in [0, 0.05) is 32.2 Å². The van der Waals surface area contributed by atoms with Crippen molar-refractivity contribution in [2.45, 2.75) is 25.3 Å². The first-order valence-electron chi connectivity index (χ1n) is 5.12. The van der Waals surface area contributed by atoms with E-state index in [0.29, 0.717) is 12.5 Å². The Morgan fingerprint density at radius 1 is 1.43 bits per heavy atom. The molecule has 76 valence electrons. The van der Waals surface area contributed by atoms with E-state index >= 15 is 0 Å². The van der Waals surface area contributed by atoms with Gasteiger partial charge in [0.25, 0.3) is 0 Å². The van der Waals surface area contributed by atoms with E-state index in [0.717, 1.165) is 26.1 Å². The Morgan fingerprint density at radius 3 is 2.93 bits per heavy atom. The van der Waals surface area contributed by atoms with Gasteiger partial charge in [-0.1, -0.05) is 0 Å². The van der Waals surface area contributed by atoms with Gasteiger partial charge in [-0.3, -0.25) is 4.98 Å². The SMILES string of the molecule is NCc1cnccc1C1CCOCC1. The van der Waals surface area contributed by atoms with Crippen molar-refractivity contribution >= 4 is 0 Å². The van der Waals surface area contributed by atoms with Crippen molar-refractivity contribution in [3.05, 3.63) is 29.6 Å². The number of hydrogen-bond donors (Lipinski definition) is 1. The molecule has 0 aliphatic carbocycles. The van der Waals surface area contributed by atoms with Crippen molar-refractivity contribution in [3.8, 4) is 0 Å². The molecule has 1 aliphatic rings. The normalized spacial score (nSPS) is 18.4. The Kier molecular flexibility index (Phi) is 3.11. The number of nitrogens with zero attached hydrogens (tertiary/aromatic N) is 1.